The molecule has 128 valence electrons. The normalized spacial score (nSPS) is 12.0. The molecule has 6 nitrogen and oxygen atoms in total. The summed E-state index contributed by atoms with van der Waals surface area (Å²) < 4.78 is 41.7. The Morgan fingerprint density at radius 2 is 2.12 bits per heavy atom. The van der Waals surface area contributed by atoms with Crippen molar-refractivity contribution in [3.05, 3.63) is 34.6 Å². The van der Waals surface area contributed by atoms with Crippen LogP contribution in [0.25, 0.3) is 10.2 Å². The number of rotatable bonds is 4. The lowest BCUT2D eigenvalue weighted by atomic mass is 10.3. The Hall–Kier alpha value is -2.36. The number of alkyl halides is 3. The minimum atomic E-state index is -4.55. The molecule has 3 aromatic rings. The number of nitrogens with zero attached hydrogens (tertiary/aromatic N) is 4. The van der Waals surface area contributed by atoms with Crippen LogP contribution < -0.4 is 5.32 Å². The largest absolute Gasteiger partial charge is 0.435 e. The summed E-state index contributed by atoms with van der Waals surface area (Å²) in [5.41, 5.74) is -0.0969. The van der Waals surface area contributed by atoms with Crippen LogP contribution in [0.5, 0.6) is 0 Å². The number of nitrogens with one attached hydrogen (secondary N) is 1. The summed E-state index contributed by atoms with van der Waals surface area (Å²) in [5, 5.41) is 10.3. The molecule has 3 rings (SSSR count). The van der Waals surface area contributed by atoms with Crippen LogP contribution in [0.3, 0.4) is 0 Å². The highest BCUT2D eigenvalue weighted by molar-refractivity contribution is 7.20. The molecule has 3 heterocycles. The molecule has 1 amide bonds. The van der Waals surface area contributed by atoms with E-state index in [-0.39, 0.29) is 10.3 Å². The molecule has 0 fully saturated rings. The van der Waals surface area contributed by atoms with Crippen molar-refractivity contribution in [3.63, 3.8) is 0 Å². The van der Waals surface area contributed by atoms with E-state index in [2.05, 4.69) is 15.5 Å². The number of hydrogen-bond acceptors (Lipinski definition) is 4. The molecule has 0 saturated heterocycles. The molecule has 0 aromatic carbocycles. The van der Waals surface area contributed by atoms with Crippen molar-refractivity contribution in [1.82, 2.24) is 24.9 Å². The van der Waals surface area contributed by atoms with Gasteiger partial charge in [-0.1, -0.05) is 0 Å². The zero-order valence-corrected chi connectivity index (χ0v) is 13.7. The van der Waals surface area contributed by atoms with Crippen LogP contribution in [-0.2, 0) is 19.8 Å². The minimum Gasteiger partial charge on any atom is -0.349 e. The number of hydrogen-bond donors (Lipinski definition) is 1. The Kier molecular flexibility index (Phi) is 4.08. The van der Waals surface area contributed by atoms with Crippen LogP contribution in [0.4, 0.5) is 13.2 Å². The van der Waals surface area contributed by atoms with Crippen molar-refractivity contribution in [3.8, 4) is 0 Å². The van der Waals surface area contributed by atoms with E-state index in [1.165, 1.54) is 13.1 Å². The first-order valence-electron chi connectivity index (χ1n) is 7.07. The molecule has 0 unspecified atom stereocenters. The highest BCUT2D eigenvalue weighted by Gasteiger charge is 2.37. The number of aryl methyl sites for hydroxylation is 2. The Balaban J connectivity index is 1.73. The molecule has 24 heavy (non-hydrogen) atoms. The first kappa shape index (κ1) is 16.5. The van der Waals surface area contributed by atoms with Crippen LogP contribution in [0.1, 0.15) is 21.1 Å². The van der Waals surface area contributed by atoms with Gasteiger partial charge < -0.3 is 5.32 Å². The smallest absolute Gasteiger partial charge is 0.349 e. The van der Waals surface area contributed by atoms with Crippen molar-refractivity contribution < 1.29 is 18.0 Å². The quantitative estimate of drug-likeness (QED) is 0.781. The van der Waals surface area contributed by atoms with E-state index in [1.807, 2.05) is 13.0 Å². The van der Waals surface area contributed by atoms with Gasteiger partial charge in [0.15, 0.2) is 5.69 Å². The number of carbonyl (C=O) groups is 1. The second-order valence-corrected chi connectivity index (χ2v) is 6.31. The minimum absolute atomic E-state index is 0.0529. The molecule has 0 aliphatic rings. The van der Waals surface area contributed by atoms with Gasteiger partial charge in [0.1, 0.15) is 4.83 Å². The molecular formula is C14H14F3N5OS. The fraction of sp³-hybridized carbons (Fsp3) is 0.357. The van der Waals surface area contributed by atoms with Gasteiger partial charge in [-0.3, -0.25) is 14.2 Å². The zero-order valence-electron chi connectivity index (χ0n) is 12.9. The van der Waals surface area contributed by atoms with Gasteiger partial charge in [-0.15, -0.1) is 11.3 Å². The lowest BCUT2D eigenvalue weighted by Gasteiger charge is -2.04. The maximum Gasteiger partial charge on any atom is 0.435 e. The summed E-state index contributed by atoms with van der Waals surface area (Å²) in [6.07, 6.45) is -2.76. The second-order valence-electron chi connectivity index (χ2n) is 5.28. The van der Waals surface area contributed by atoms with Gasteiger partial charge in [0, 0.05) is 25.2 Å². The molecule has 0 radical (unpaired) electrons. The fourth-order valence-corrected chi connectivity index (χ4v) is 3.31. The van der Waals surface area contributed by atoms with E-state index in [9.17, 15) is 18.0 Å². The van der Waals surface area contributed by atoms with Crippen molar-refractivity contribution in [2.75, 3.05) is 6.54 Å². The molecule has 0 aliphatic carbocycles. The van der Waals surface area contributed by atoms with Crippen LogP contribution in [0.15, 0.2) is 18.3 Å². The van der Waals surface area contributed by atoms with Gasteiger partial charge >= 0.3 is 6.18 Å². The van der Waals surface area contributed by atoms with E-state index in [4.69, 9.17) is 0 Å². The van der Waals surface area contributed by atoms with Crippen molar-refractivity contribution >= 4 is 27.5 Å². The van der Waals surface area contributed by atoms with Gasteiger partial charge in [0.05, 0.1) is 17.1 Å². The van der Waals surface area contributed by atoms with Crippen LogP contribution in [-0.4, -0.2) is 32.0 Å². The lowest BCUT2D eigenvalue weighted by Crippen LogP contribution is -2.26. The molecule has 0 saturated carbocycles. The second kappa shape index (κ2) is 5.93. The molecule has 0 bridgehead atoms. The molecule has 3 aromatic heterocycles. The maximum atomic E-state index is 13.0. The summed E-state index contributed by atoms with van der Waals surface area (Å²) in [7, 11) is 1.43. The number of thiophene rings is 1. The molecule has 1 N–H and O–H groups in total. The first-order chi connectivity index (χ1) is 11.3. The number of amides is 1. The van der Waals surface area contributed by atoms with Gasteiger partial charge in [0.25, 0.3) is 5.91 Å². The summed E-state index contributed by atoms with van der Waals surface area (Å²) in [4.78, 5) is 12.7. The number of fused-ring (bicyclic) bond motifs is 1. The fourth-order valence-electron chi connectivity index (χ4n) is 2.32. The Bertz CT molecular complexity index is 892. The SMILES string of the molecule is Cc1ccn(CCNC(=O)c2cc3c(C(F)(F)F)nn(C)c3s2)n1. The third kappa shape index (κ3) is 3.14. The summed E-state index contributed by atoms with van der Waals surface area (Å²) in [6.45, 7) is 2.68. The van der Waals surface area contributed by atoms with Crippen molar-refractivity contribution in [2.24, 2.45) is 7.05 Å². The van der Waals surface area contributed by atoms with Gasteiger partial charge in [-0.25, -0.2) is 0 Å². The summed E-state index contributed by atoms with van der Waals surface area (Å²) in [6, 6.07) is 3.09. The third-order valence-corrected chi connectivity index (χ3v) is 4.60. The Labute approximate surface area is 138 Å². The highest BCUT2D eigenvalue weighted by Crippen LogP contribution is 2.37. The molecule has 0 aliphatic heterocycles. The summed E-state index contributed by atoms with van der Waals surface area (Å²) in [5.74, 6) is -0.409. The molecule has 0 atom stereocenters. The van der Waals surface area contributed by atoms with Gasteiger partial charge in [-0.05, 0) is 19.1 Å². The first-order valence-corrected chi connectivity index (χ1v) is 7.89. The average molecular weight is 357 g/mol. The van der Waals surface area contributed by atoms with Crippen molar-refractivity contribution in [1.29, 1.82) is 0 Å². The zero-order chi connectivity index (χ0) is 17.5. The number of aromatic nitrogens is 4. The molecule has 10 heteroatoms. The van der Waals surface area contributed by atoms with E-state index >= 15 is 0 Å². The number of carbonyl (C=O) groups excluding carboxylic acids is 1. The standard InChI is InChI=1S/C14H14F3N5OS/c1-8-3-5-22(19-8)6-4-18-12(23)10-7-9-11(14(15,16)17)20-21(2)13(9)24-10/h3,5,7H,4,6H2,1-2H3,(H,18,23). The van der Waals surface area contributed by atoms with E-state index < -0.39 is 17.8 Å². The van der Waals surface area contributed by atoms with Crippen LogP contribution in [0.2, 0.25) is 0 Å². The topological polar surface area (TPSA) is 64.7 Å². The lowest BCUT2D eigenvalue weighted by molar-refractivity contribution is -0.140. The average Bonchev–Trinajstić information content (AvgIpc) is 3.15. The monoisotopic (exact) mass is 357 g/mol. The predicted molar refractivity (Wildman–Crippen MR) is 82.9 cm³/mol. The predicted octanol–water partition coefficient (Wildman–Crippen LogP) is 2.59. The summed E-state index contributed by atoms with van der Waals surface area (Å²) >= 11 is 0.985. The maximum absolute atomic E-state index is 13.0. The highest BCUT2D eigenvalue weighted by atomic mass is 32.1. The van der Waals surface area contributed by atoms with E-state index in [1.54, 1.807) is 10.9 Å². The third-order valence-electron chi connectivity index (χ3n) is 3.40. The number of halogens is 3. The Morgan fingerprint density at radius 1 is 1.38 bits per heavy atom. The van der Waals surface area contributed by atoms with Crippen LogP contribution >= 0.6 is 11.3 Å². The van der Waals surface area contributed by atoms with Gasteiger partial charge in [0.2, 0.25) is 0 Å². The van der Waals surface area contributed by atoms with Crippen LogP contribution in [0, 0.1) is 6.92 Å². The molecule has 0 spiro atoms. The Morgan fingerprint density at radius 3 is 2.75 bits per heavy atom. The van der Waals surface area contributed by atoms with E-state index in [0.717, 1.165) is 21.7 Å². The van der Waals surface area contributed by atoms with Gasteiger partial charge in [-0.2, -0.15) is 23.4 Å². The van der Waals surface area contributed by atoms with E-state index in [0.29, 0.717) is 17.9 Å². The van der Waals surface area contributed by atoms with Crippen molar-refractivity contribution in [2.45, 2.75) is 19.6 Å². The molecular weight excluding hydrogens is 343 g/mol.